The summed E-state index contributed by atoms with van der Waals surface area (Å²) in [6.45, 7) is 5.02. The summed E-state index contributed by atoms with van der Waals surface area (Å²) in [7, 11) is 0. The molecule has 2 aliphatic rings. The highest BCUT2D eigenvalue weighted by Gasteiger charge is 2.31. The zero-order chi connectivity index (χ0) is 16.6. The molecule has 2 fully saturated rings. The minimum atomic E-state index is -1.61. The van der Waals surface area contributed by atoms with E-state index in [0.29, 0.717) is 38.6 Å². The van der Waals surface area contributed by atoms with E-state index in [4.69, 9.17) is 4.74 Å². The highest BCUT2D eigenvalue weighted by atomic mass is 19.2. The van der Waals surface area contributed by atoms with Crippen LogP contribution in [0, 0.1) is 23.5 Å². The van der Waals surface area contributed by atoms with E-state index >= 15 is 0 Å². The molecule has 0 saturated carbocycles. The van der Waals surface area contributed by atoms with Crippen molar-refractivity contribution in [1.82, 2.24) is 9.88 Å². The van der Waals surface area contributed by atoms with Gasteiger partial charge in [0.05, 0.1) is 12.7 Å². The van der Waals surface area contributed by atoms with Crippen LogP contribution < -0.4 is 4.90 Å². The molecule has 3 heterocycles. The molecule has 0 aliphatic carbocycles. The maximum atomic E-state index is 13.8. The lowest BCUT2D eigenvalue weighted by molar-refractivity contribution is -0.0373. The molecule has 0 N–H and O–H groups in total. The minimum Gasteiger partial charge on any atom is -0.376 e. The van der Waals surface area contributed by atoms with Gasteiger partial charge in [-0.2, -0.15) is 22.5 Å². The number of morpholine rings is 1. The molecule has 0 spiro atoms. The second kappa shape index (κ2) is 6.60. The standard InChI is InChI=1S/C15H19F4N3O/c1-9-8-22(6-7-23-9)10-2-4-21(5-3-10)13-11(16)14(18)20-15(19)12(13)17/h9-10H,2-8H2,1H3. The van der Waals surface area contributed by atoms with E-state index in [1.54, 1.807) is 0 Å². The van der Waals surface area contributed by atoms with Crippen molar-refractivity contribution >= 4 is 5.69 Å². The van der Waals surface area contributed by atoms with Crippen molar-refractivity contribution < 1.29 is 22.3 Å². The Hall–Kier alpha value is -1.41. The number of ether oxygens (including phenoxy) is 1. The summed E-state index contributed by atoms with van der Waals surface area (Å²) < 4.78 is 59.6. The average Bonchev–Trinajstić information content (AvgIpc) is 2.54. The Bertz CT molecular complexity index is 552. The van der Waals surface area contributed by atoms with E-state index in [1.165, 1.54) is 4.90 Å². The van der Waals surface area contributed by atoms with E-state index in [0.717, 1.165) is 13.1 Å². The van der Waals surface area contributed by atoms with Crippen LogP contribution in [-0.4, -0.2) is 54.8 Å². The number of hydrogen-bond donors (Lipinski definition) is 0. The van der Waals surface area contributed by atoms with Crippen molar-refractivity contribution in [2.75, 3.05) is 37.7 Å². The second-order valence-electron chi connectivity index (χ2n) is 6.06. The van der Waals surface area contributed by atoms with Crippen LogP contribution in [0.2, 0.25) is 0 Å². The zero-order valence-electron chi connectivity index (χ0n) is 12.9. The highest BCUT2D eigenvalue weighted by Crippen LogP contribution is 2.30. The lowest BCUT2D eigenvalue weighted by Gasteiger charge is -2.42. The van der Waals surface area contributed by atoms with Crippen LogP contribution in [0.25, 0.3) is 0 Å². The molecule has 8 heteroatoms. The highest BCUT2D eigenvalue weighted by molar-refractivity contribution is 5.48. The van der Waals surface area contributed by atoms with E-state index < -0.39 is 29.2 Å². The second-order valence-corrected chi connectivity index (χ2v) is 6.06. The number of pyridine rings is 1. The SMILES string of the molecule is CC1CN(C2CCN(c3c(F)c(F)nc(F)c3F)CC2)CCO1. The Morgan fingerprint density at radius 2 is 1.61 bits per heavy atom. The van der Waals surface area contributed by atoms with Gasteiger partial charge in [-0.1, -0.05) is 0 Å². The summed E-state index contributed by atoms with van der Waals surface area (Å²) in [5.41, 5.74) is -0.649. The molecule has 1 aromatic rings. The Balaban J connectivity index is 1.70. The minimum absolute atomic E-state index is 0.167. The van der Waals surface area contributed by atoms with Crippen molar-refractivity contribution in [3.8, 4) is 0 Å². The Morgan fingerprint density at radius 1 is 1.00 bits per heavy atom. The molecule has 2 aliphatic heterocycles. The lowest BCUT2D eigenvalue weighted by Crippen LogP contribution is -2.51. The summed E-state index contributed by atoms with van der Waals surface area (Å²) >= 11 is 0. The van der Waals surface area contributed by atoms with Crippen molar-refractivity contribution in [3.63, 3.8) is 0 Å². The molecular formula is C15H19F4N3O. The first kappa shape index (κ1) is 16.4. The van der Waals surface area contributed by atoms with Gasteiger partial charge in [-0.3, -0.25) is 4.90 Å². The monoisotopic (exact) mass is 333 g/mol. The van der Waals surface area contributed by atoms with E-state index in [2.05, 4.69) is 9.88 Å². The molecule has 2 saturated heterocycles. The van der Waals surface area contributed by atoms with Gasteiger partial charge in [0.15, 0.2) is 0 Å². The van der Waals surface area contributed by atoms with Gasteiger partial charge in [0.25, 0.3) is 11.9 Å². The first-order valence-electron chi connectivity index (χ1n) is 7.78. The van der Waals surface area contributed by atoms with Crippen LogP contribution in [0.4, 0.5) is 23.2 Å². The molecular weight excluding hydrogens is 314 g/mol. The third-order valence-corrected chi connectivity index (χ3v) is 4.54. The lowest BCUT2D eigenvalue weighted by atomic mass is 10.0. The normalized spacial score (nSPS) is 24.2. The average molecular weight is 333 g/mol. The van der Waals surface area contributed by atoms with Gasteiger partial charge >= 0.3 is 0 Å². The zero-order valence-corrected chi connectivity index (χ0v) is 12.9. The van der Waals surface area contributed by atoms with Gasteiger partial charge in [0, 0.05) is 32.2 Å². The molecule has 0 amide bonds. The molecule has 0 radical (unpaired) electrons. The van der Waals surface area contributed by atoms with Gasteiger partial charge in [-0.15, -0.1) is 0 Å². The number of rotatable bonds is 2. The largest absolute Gasteiger partial charge is 0.376 e. The molecule has 1 unspecified atom stereocenters. The number of piperidine rings is 1. The molecule has 23 heavy (non-hydrogen) atoms. The predicted molar refractivity (Wildman–Crippen MR) is 76.3 cm³/mol. The first-order valence-corrected chi connectivity index (χ1v) is 7.78. The van der Waals surface area contributed by atoms with Crippen LogP contribution in [-0.2, 0) is 4.74 Å². The molecule has 128 valence electrons. The molecule has 0 aromatic carbocycles. The van der Waals surface area contributed by atoms with Crippen LogP contribution in [0.3, 0.4) is 0 Å². The van der Waals surface area contributed by atoms with Crippen molar-refractivity contribution in [2.24, 2.45) is 0 Å². The van der Waals surface area contributed by atoms with Gasteiger partial charge in [-0.25, -0.2) is 0 Å². The molecule has 4 nitrogen and oxygen atoms in total. The fourth-order valence-corrected chi connectivity index (χ4v) is 3.39. The number of hydrogen-bond acceptors (Lipinski definition) is 4. The maximum Gasteiger partial charge on any atom is 0.253 e. The van der Waals surface area contributed by atoms with Gasteiger partial charge in [0.2, 0.25) is 11.6 Å². The summed E-state index contributed by atoms with van der Waals surface area (Å²) in [4.78, 5) is 6.26. The fraction of sp³-hybridized carbons (Fsp3) is 0.667. The van der Waals surface area contributed by atoms with Crippen LogP contribution in [0.15, 0.2) is 0 Å². The topological polar surface area (TPSA) is 28.6 Å². The molecule has 1 atom stereocenters. The fourth-order valence-electron chi connectivity index (χ4n) is 3.39. The Labute approximate surface area is 132 Å². The summed E-state index contributed by atoms with van der Waals surface area (Å²) in [5, 5.41) is 0. The molecule has 0 bridgehead atoms. The molecule has 3 rings (SSSR count). The van der Waals surface area contributed by atoms with E-state index in [9.17, 15) is 17.6 Å². The summed E-state index contributed by atoms with van der Waals surface area (Å²) in [6, 6.07) is 0.292. The van der Waals surface area contributed by atoms with Crippen molar-refractivity contribution in [1.29, 1.82) is 0 Å². The summed E-state index contributed by atoms with van der Waals surface area (Å²) in [5.74, 6) is -6.07. The van der Waals surface area contributed by atoms with Gasteiger partial charge in [-0.05, 0) is 19.8 Å². The number of halogens is 4. The van der Waals surface area contributed by atoms with Gasteiger partial charge in [0.1, 0.15) is 5.69 Å². The molecule has 1 aromatic heterocycles. The predicted octanol–water partition coefficient (Wildman–Crippen LogP) is 2.33. The number of aromatic nitrogens is 1. The summed E-state index contributed by atoms with van der Waals surface area (Å²) in [6.07, 6.45) is 1.52. The number of anilines is 1. The maximum absolute atomic E-state index is 13.8. The van der Waals surface area contributed by atoms with E-state index in [-0.39, 0.29) is 6.10 Å². The third kappa shape index (κ3) is 3.28. The smallest absolute Gasteiger partial charge is 0.253 e. The van der Waals surface area contributed by atoms with E-state index in [1.807, 2.05) is 6.92 Å². The third-order valence-electron chi connectivity index (χ3n) is 4.54. The van der Waals surface area contributed by atoms with Crippen LogP contribution in [0.1, 0.15) is 19.8 Å². The van der Waals surface area contributed by atoms with Crippen LogP contribution in [0.5, 0.6) is 0 Å². The Morgan fingerprint density at radius 3 is 2.17 bits per heavy atom. The van der Waals surface area contributed by atoms with Crippen molar-refractivity contribution in [2.45, 2.75) is 31.9 Å². The number of nitrogens with zero attached hydrogens (tertiary/aromatic N) is 3. The Kier molecular flexibility index (Phi) is 4.72. The van der Waals surface area contributed by atoms with Crippen LogP contribution >= 0.6 is 0 Å². The first-order chi connectivity index (χ1) is 11.0. The van der Waals surface area contributed by atoms with Gasteiger partial charge < -0.3 is 9.64 Å². The quantitative estimate of drug-likeness (QED) is 0.614. The van der Waals surface area contributed by atoms with Crippen molar-refractivity contribution in [3.05, 3.63) is 23.5 Å².